The summed E-state index contributed by atoms with van der Waals surface area (Å²) in [4.78, 5) is 4.19. The van der Waals surface area contributed by atoms with E-state index in [0.717, 1.165) is 18.7 Å². The van der Waals surface area contributed by atoms with E-state index in [4.69, 9.17) is 16.1 Å². The second-order valence-electron chi connectivity index (χ2n) is 4.82. The summed E-state index contributed by atoms with van der Waals surface area (Å²) in [5, 5.41) is 3.77. The highest BCUT2D eigenvalue weighted by Gasteiger charge is 2.04. The number of rotatable bonds is 11. The number of hydrogen-bond donors (Lipinski definition) is 0. The fourth-order valence-electron chi connectivity index (χ4n) is 2.03. The highest BCUT2D eigenvalue weighted by atomic mass is 35.5. The molecule has 0 atom stereocenters. The molecule has 1 aromatic rings. The lowest BCUT2D eigenvalue weighted by molar-refractivity contribution is 0.369. The Morgan fingerprint density at radius 1 is 0.944 bits per heavy atom. The van der Waals surface area contributed by atoms with Gasteiger partial charge in [0.15, 0.2) is 5.82 Å². The van der Waals surface area contributed by atoms with Crippen LogP contribution in [-0.4, -0.2) is 10.1 Å². The quantitative estimate of drug-likeness (QED) is 0.426. The van der Waals surface area contributed by atoms with Crippen LogP contribution in [0.25, 0.3) is 0 Å². The van der Waals surface area contributed by atoms with Crippen LogP contribution in [0.4, 0.5) is 0 Å². The number of halogens is 1. The molecule has 18 heavy (non-hydrogen) atoms. The Morgan fingerprint density at radius 2 is 1.56 bits per heavy atom. The largest absolute Gasteiger partial charge is 0.339 e. The Morgan fingerprint density at radius 3 is 2.11 bits per heavy atom. The van der Waals surface area contributed by atoms with Gasteiger partial charge >= 0.3 is 0 Å². The highest BCUT2D eigenvalue weighted by Crippen LogP contribution is 2.11. The lowest BCUT2D eigenvalue weighted by Gasteiger charge is -2.00. The van der Waals surface area contributed by atoms with Crippen molar-refractivity contribution in [1.82, 2.24) is 10.1 Å². The van der Waals surface area contributed by atoms with Gasteiger partial charge in [-0.15, -0.1) is 11.6 Å². The second kappa shape index (κ2) is 10.4. The summed E-state index contributed by atoms with van der Waals surface area (Å²) in [6.07, 6.45) is 12.9. The summed E-state index contributed by atoms with van der Waals surface area (Å²) in [6.45, 7) is 2.26. The van der Waals surface area contributed by atoms with Crippen molar-refractivity contribution in [2.24, 2.45) is 0 Å². The molecule has 0 aliphatic carbocycles. The predicted molar refractivity (Wildman–Crippen MR) is 74.8 cm³/mol. The monoisotopic (exact) mass is 272 g/mol. The van der Waals surface area contributed by atoms with Crippen LogP contribution in [0, 0.1) is 0 Å². The molecule has 0 aliphatic rings. The van der Waals surface area contributed by atoms with Crippen LogP contribution in [-0.2, 0) is 12.3 Å². The molecule has 0 spiro atoms. The summed E-state index contributed by atoms with van der Waals surface area (Å²) in [5.74, 6) is 1.66. The van der Waals surface area contributed by atoms with E-state index < -0.39 is 0 Å². The first-order valence-corrected chi connectivity index (χ1v) is 7.77. The second-order valence-corrected chi connectivity index (χ2v) is 5.08. The van der Waals surface area contributed by atoms with Crippen molar-refractivity contribution >= 4 is 11.6 Å². The van der Waals surface area contributed by atoms with E-state index in [1.165, 1.54) is 51.4 Å². The smallest absolute Gasteiger partial charge is 0.226 e. The van der Waals surface area contributed by atoms with Gasteiger partial charge in [0, 0.05) is 6.42 Å². The summed E-state index contributed by atoms with van der Waals surface area (Å²) < 4.78 is 5.08. The first kappa shape index (κ1) is 15.5. The van der Waals surface area contributed by atoms with Crippen LogP contribution >= 0.6 is 11.6 Å². The van der Waals surface area contributed by atoms with E-state index in [2.05, 4.69) is 17.1 Å². The highest BCUT2D eigenvalue weighted by molar-refractivity contribution is 6.16. The summed E-state index contributed by atoms with van der Waals surface area (Å²) >= 11 is 5.61. The van der Waals surface area contributed by atoms with Gasteiger partial charge in [0.1, 0.15) is 0 Å². The molecule has 1 rings (SSSR count). The first-order chi connectivity index (χ1) is 8.86. The van der Waals surface area contributed by atoms with Gasteiger partial charge in [0.25, 0.3) is 0 Å². The molecule has 0 bridgehead atoms. The lowest BCUT2D eigenvalue weighted by Crippen LogP contribution is -1.87. The van der Waals surface area contributed by atoms with Crippen molar-refractivity contribution in [1.29, 1.82) is 0 Å². The lowest BCUT2D eigenvalue weighted by atomic mass is 10.1. The van der Waals surface area contributed by atoms with E-state index >= 15 is 0 Å². The third-order valence-corrected chi connectivity index (χ3v) is 3.36. The fraction of sp³-hybridized carbons (Fsp3) is 0.857. The molecule has 0 amide bonds. The molecule has 3 nitrogen and oxygen atoms in total. The van der Waals surface area contributed by atoms with Gasteiger partial charge in [-0.25, -0.2) is 0 Å². The van der Waals surface area contributed by atoms with Crippen LogP contribution in [0.1, 0.15) is 76.4 Å². The maximum absolute atomic E-state index is 5.61. The van der Waals surface area contributed by atoms with E-state index in [0.29, 0.717) is 11.7 Å². The average Bonchev–Trinajstić information content (AvgIpc) is 2.85. The first-order valence-electron chi connectivity index (χ1n) is 7.24. The summed E-state index contributed by atoms with van der Waals surface area (Å²) in [6, 6.07) is 0. The van der Waals surface area contributed by atoms with Crippen LogP contribution in [0.2, 0.25) is 0 Å². The van der Waals surface area contributed by atoms with Gasteiger partial charge in [-0.2, -0.15) is 4.98 Å². The van der Waals surface area contributed by atoms with Crippen molar-refractivity contribution in [2.45, 2.75) is 77.0 Å². The number of hydrogen-bond acceptors (Lipinski definition) is 3. The zero-order valence-corrected chi connectivity index (χ0v) is 12.2. The molecular weight excluding hydrogens is 248 g/mol. The molecule has 0 N–H and O–H groups in total. The van der Waals surface area contributed by atoms with Crippen LogP contribution in [0.5, 0.6) is 0 Å². The van der Waals surface area contributed by atoms with E-state index in [-0.39, 0.29) is 0 Å². The minimum absolute atomic E-state index is 0.335. The molecule has 1 heterocycles. The summed E-state index contributed by atoms with van der Waals surface area (Å²) in [5.41, 5.74) is 0. The Labute approximate surface area is 115 Å². The molecule has 0 unspecified atom stereocenters. The number of unbranched alkanes of at least 4 members (excludes halogenated alkanes) is 8. The van der Waals surface area contributed by atoms with Crippen molar-refractivity contribution in [3.8, 4) is 0 Å². The molecule has 0 aliphatic heterocycles. The number of aromatic nitrogens is 2. The molecule has 0 aromatic carbocycles. The Bertz CT molecular complexity index is 302. The fourth-order valence-corrected chi connectivity index (χ4v) is 2.14. The normalized spacial score (nSPS) is 11.0. The van der Waals surface area contributed by atoms with Gasteiger partial charge in [-0.05, 0) is 6.42 Å². The zero-order valence-electron chi connectivity index (χ0n) is 11.5. The van der Waals surface area contributed by atoms with Crippen molar-refractivity contribution < 1.29 is 4.52 Å². The molecule has 104 valence electrons. The number of alkyl halides is 1. The molecule has 4 heteroatoms. The third-order valence-electron chi connectivity index (χ3n) is 3.12. The topological polar surface area (TPSA) is 38.9 Å². The van der Waals surface area contributed by atoms with Crippen LogP contribution < -0.4 is 0 Å². The Kier molecular flexibility index (Phi) is 8.92. The molecule has 0 radical (unpaired) electrons. The molecule has 0 fully saturated rings. The van der Waals surface area contributed by atoms with Gasteiger partial charge in [-0.1, -0.05) is 63.4 Å². The van der Waals surface area contributed by atoms with Gasteiger partial charge in [0.2, 0.25) is 5.89 Å². The van der Waals surface area contributed by atoms with E-state index in [1.54, 1.807) is 0 Å². The minimum atomic E-state index is 0.335. The average molecular weight is 273 g/mol. The third kappa shape index (κ3) is 7.00. The van der Waals surface area contributed by atoms with Crippen LogP contribution in [0.3, 0.4) is 0 Å². The number of aryl methyl sites for hydroxylation is 1. The minimum Gasteiger partial charge on any atom is -0.339 e. The molecular formula is C14H25ClN2O. The standard InChI is InChI=1S/C14H25ClN2O/c1-2-3-4-5-6-7-8-9-10-11-14-16-13(12-15)17-18-14/h2-12H2,1H3. The van der Waals surface area contributed by atoms with Gasteiger partial charge < -0.3 is 4.52 Å². The SMILES string of the molecule is CCCCCCCCCCCc1nc(CCl)no1. The molecule has 0 saturated heterocycles. The van der Waals surface area contributed by atoms with E-state index in [9.17, 15) is 0 Å². The van der Waals surface area contributed by atoms with Gasteiger partial charge in [0.05, 0.1) is 5.88 Å². The summed E-state index contributed by atoms with van der Waals surface area (Å²) in [7, 11) is 0. The maximum atomic E-state index is 5.61. The zero-order chi connectivity index (χ0) is 13.1. The van der Waals surface area contributed by atoms with Crippen molar-refractivity contribution in [3.05, 3.63) is 11.7 Å². The maximum Gasteiger partial charge on any atom is 0.226 e. The molecule has 0 saturated carbocycles. The van der Waals surface area contributed by atoms with Crippen molar-refractivity contribution in [2.75, 3.05) is 0 Å². The van der Waals surface area contributed by atoms with Crippen LogP contribution in [0.15, 0.2) is 4.52 Å². The Balaban J connectivity index is 1.89. The van der Waals surface area contributed by atoms with E-state index in [1.807, 2.05) is 0 Å². The number of nitrogens with zero attached hydrogens (tertiary/aromatic N) is 2. The van der Waals surface area contributed by atoms with Gasteiger partial charge in [-0.3, -0.25) is 0 Å². The Hall–Kier alpha value is -0.570. The molecule has 1 aromatic heterocycles. The predicted octanol–water partition coefficient (Wildman–Crippen LogP) is 4.88. The van der Waals surface area contributed by atoms with Crippen molar-refractivity contribution in [3.63, 3.8) is 0 Å².